The molecule has 0 spiro atoms. The molecular weight excluding hydrogens is 300 g/mol. The van der Waals surface area contributed by atoms with Gasteiger partial charge in [-0.1, -0.05) is 19.4 Å². The number of piperidine rings is 1. The third kappa shape index (κ3) is 4.00. The Hall–Kier alpha value is -2.21. The normalized spacial score (nSPS) is 16.7. The molecule has 6 heteroatoms. The number of nitrogen functional groups attached to an aromatic ring is 1. The van der Waals surface area contributed by atoms with Crippen LogP contribution in [0.25, 0.3) is 0 Å². The first-order chi connectivity index (χ1) is 11.8. The van der Waals surface area contributed by atoms with E-state index in [2.05, 4.69) is 38.2 Å². The molecule has 1 saturated heterocycles. The van der Waals surface area contributed by atoms with Crippen LogP contribution in [-0.4, -0.2) is 39.5 Å². The average Bonchev–Trinajstić information content (AvgIpc) is 2.64. The molecule has 1 fully saturated rings. The van der Waals surface area contributed by atoms with Crippen LogP contribution in [-0.2, 0) is 6.42 Å². The lowest BCUT2D eigenvalue weighted by molar-refractivity contribution is 0.170. The van der Waals surface area contributed by atoms with Gasteiger partial charge in [0.15, 0.2) is 0 Å². The predicted molar refractivity (Wildman–Crippen MR) is 96.7 cm³/mol. The molecular formula is C18H26N6. The van der Waals surface area contributed by atoms with Crippen LogP contribution in [0, 0.1) is 0 Å². The number of likely N-dealkylation sites (tertiary alicyclic amines) is 1. The van der Waals surface area contributed by atoms with Gasteiger partial charge >= 0.3 is 0 Å². The Bertz CT molecular complexity index is 639. The Kier molecular flexibility index (Phi) is 5.59. The van der Waals surface area contributed by atoms with Crippen molar-refractivity contribution in [2.45, 2.75) is 38.6 Å². The van der Waals surface area contributed by atoms with Crippen LogP contribution in [0.3, 0.4) is 0 Å². The van der Waals surface area contributed by atoms with Crippen molar-refractivity contribution in [3.05, 3.63) is 41.9 Å². The van der Waals surface area contributed by atoms with Crippen LogP contribution in [0.4, 0.5) is 11.8 Å². The van der Waals surface area contributed by atoms with E-state index in [1.165, 1.54) is 24.8 Å². The molecule has 0 saturated carbocycles. The molecule has 128 valence electrons. The molecule has 3 N–H and O–H groups in total. The van der Waals surface area contributed by atoms with Gasteiger partial charge in [-0.15, -0.1) is 0 Å². The maximum atomic E-state index is 5.76. The molecule has 1 atom stereocenters. The molecule has 3 heterocycles. The summed E-state index contributed by atoms with van der Waals surface area (Å²) in [4.78, 5) is 15.3. The van der Waals surface area contributed by atoms with Crippen molar-refractivity contribution >= 4 is 11.8 Å². The average molecular weight is 326 g/mol. The molecule has 2 aromatic rings. The quantitative estimate of drug-likeness (QED) is 0.849. The first kappa shape index (κ1) is 16.6. The predicted octanol–water partition coefficient (Wildman–Crippen LogP) is 2.66. The molecule has 1 aliphatic rings. The summed E-state index contributed by atoms with van der Waals surface area (Å²) in [6, 6.07) is 4.45. The van der Waals surface area contributed by atoms with Crippen molar-refractivity contribution in [2.75, 3.05) is 30.7 Å². The third-order valence-corrected chi connectivity index (χ3v) is 4.63. The molecule has 1 unspecified atom stereocenters. The number of nitrogens with zero attached hydrogens (tertiary/aromatic N) is 4. The molecule has 24 heavy (non-hydrogen) atoms. The van der Waals surface area contributed by atoms with E-state index in [1.54, 1.807) is 0 Å². The minimum absolute atomic E-state index is 0.292. The van der Waals surface area contributed by atoms with Gasteiger partial charge in [-0.2, -0.15) is 4.98 Å². The number of aryl methyl sites for hydroxylation is 1. The molecule has 2 aromatic heterocycles. The standard InChI is InChI=1S/C18H26N6/c1-2-14-12-22-18(19)23-17(14)21-13-16(15-7-6-8-20-11-15)24-9-4-3-5-10-24/h6-8,11-12,16H,2-5,9-10,13H2,1H3,(H3,19,21,22,23). The third-order valence-electron chi connectivity index (χ3n) is 4.63. The van der Waals surface area contributed by atoms with Crippen molar-refractivity contribution in [2.24, 2.45) is 0 Å². The van der Waals surface area contributed by atoms with E-state index in [-0.39, 0.29) is 0 Å². The maximum Gasteiger partial charge on any atom is 0.221 e. The van der Waals surface area contributed by atoms with Gasteiger partial charge in [0.25, 0.3) is 0 Å². The molecule has 0 aromatic carbocycles. The van der Waals surface area contributed by atoms with Crippen molar-refractivity contribution in [1.29, 1.82) is 0 Å². The lowest BCUT2D eigenvalue weighted by atomic mass is 10.0. The molecule has 3 rings (SSSR count). The van der Waals surface area contributed by atoms with E-state index in [4.69, 9.17) is 5.73 Å². The molecule has 0 radical (unpaired) electrons. The van der Waals surface area contributed by atoms with Crippen LogP contribution in [0.2, 0.25) is 0 Å². The maximum absolute atomic E-state index is 5.76. The van der Waals surface area contributed by atoms with E-state index in [1.807, 2.05) is 24.7 Å². The minimum atomic E-state index is 0.292. The fraction of sp³-hybridized carbons (Fsp3) is 0.500. The summed E-state index contributed by atoms with van der Waals surface area (Å²) in [5.74, 6) is 1.15. The lowest BCUT2D eigenvalue weighted by Crippen LogP contribution is -2.37. The first-order valence-electron chi connectivity index (χ1n) is 8.77. The summed E-state index contributed by atoms with van der Waals surface area (Å²) >= 11 is 0. The highest BCUT2D eigenvalue weighted by molar-refractivity contribution is 5.46. The number of anilines is 2. The number of aromatic nitrogens is 3. The lowest BCUT2D eigenvalue weighted by Gasteiger charge is -2.35. The topological polar surface area (TPSA) is 80.0 Å². The summed E-state index contributed by atoms with van der Waals surface area (Å²) in [6.07, 6.45) is 10.3. The van der Waals surface area contributed by atoms with E-state index >= 15 is 0 Å². The minimum Gasteiger partial charge on any atom is -0.368 e. The molecule has 0 bridgehead atoms. The fourth-order valence-electron chi connectivity index (χ4n) is 3.29. The smallest absolute Gasteiger partial charge is 0.221 e. The summed E-state index contributed by atoms with van der Waals surface area (Å²) < 4.78 is 0. The van der Waals surface area contributed by atoms with Crippen molar-refractivity contribution in [3.8, 4) is 0 Å². The van der Waals surface area contributed by atoms with E-state index in [0.717, 1.165) is 37.4 Å². The van der Waals surface area contributed by atoms with Crippen molar-refractivity contribution in [1.82, 2.24) is 19.9 Å². The van der Waals surface area contributed by atoms with Gasteiger partial charge in [0.2, 0.25) is 5.95 Å². The number of pyridine rings is 1. The largest absolute Gasteiger partial charge is 0.368 e. The van der Waals surface area contributed by atoms with Crippen LogP contribution in [0.15, 0.2) is 30.7 Å². The zero-order chi connectivity index (χ0) is 16.8. The number of hydrogen-bond donors (Lipinski definition) is 2. The second kappa shape index (κ2) is 8.06. The highest BCUT2D eigenvalue weighted by Gasteiger charge is 2.22. The van der Waals surface area contributed by atoms with Crippen LogP contribution in [0.5, 0.6) is 0 Å². The Morgan fingerprint density at radius 1 is 1.25 bits per heavy atom. The van der Waals surface area contributed by atoms with Gasteiger partial charge in [0.1, 0.15) is 5.82 Å². The zero-order valence-electron chi connectivity index (χ0n) is 14.3. The Labute approximate surface area is 143 Å². The number of nitrogens with two attached hydrogens (primary N) is 1. The Morgan fingerprint density at radius 3 is 2.79 bits per heavy atom. The summed E-state index contributed by atoms with van der Waals surface area (Å²) in [5.41, 5.74) is 8.09. The molecule has 0 aliphatic carbocycles. The fourth-order valence-corrected chi connectivity index (χ4v) is 3.29. The molecule has 6 nitrogen and oxygen atoms in total. The summed E-state index contributed by atoms with van der Waals surface area (Å²) in [5, 5.41) is 3.50. The van der Waals surface area contributed by atoms with Gasteiger partial charge in [0.05, 0.1) is 6.04 Å². The highest BCUT2D eigenvalue weighted by atomic mass is 15.2. The van der Waals surface area contributed by atoms with Crippen LogP contribution >= 0.6 is 0 Å². The van der Waals surface area contributed by atoms with Gasteiger partial charge in [-0.25, -0.2) is 4.98 Å². The summed E-state index contributed by atoms with van der Waals surface area (Å²) in [7, 11) is 0. The second-order valence-electron chi connectivity index (χ2n) is 6.24. The van der Waals surface area contributed by atoms with Crippen LogP contribution in [0.1, 0.15) is 43.4 Å². The summed E-state index contributed by atoms with van der Waals surface area (Å²) in [6.45, 7) is 5.15. The highest BCUT2D eigenvalue weighted by Crippen LogP contribution is 2.25. The SMILES string of the molecule is CCc1cnc(N)nc1NCC(c1cccnc1)N1CCCCC1. The second-order valence-corrected chi connectivity index (χ2v) is 6.24. The van der Waals surface area contributed by atoms with Gasteiger partial charge in [-0.05, 0) is 44.0 Å². The first-order valence-corrected chi connectivity index (χ1v) is 8.77. The van der Waals surface area contributed by atoms with E-state index < -0.39 is 0 Å². The monoisotopic (exact) mass is 326 g/mol. The van der Waals surface area contributed by atoms with Crippen molar-refractivity contribution < 1.29 is 0 Å². The van der Waals surface area contributed by atoms with Gasteiger partial charge < -0.3 is 11.1 Å². The van der Waals surface area contributed by atoms with Crippen molar-refractivity contribution in [3.63, 3.8) is 0 Å². The number of hydrogen-bond acceptors (Lipinski definition) is 6. The van der Waals surface area contributed by atoms with Gasteiger partial charge in [-0.3, -0.25) is 9.88 Å². The van der Waals surface area contributed by atoms with E-state index in [9.17, 15) is 0 Å². The molecule has 0 amide bonds. The Morgan fingerprint density at radius 2 is 2.08 bits per heavy atom. The molecule has 1 aliphatic heterocycles. The number of nitrogens with one attached hydrogen (secondary N) is 1. The van der Waals surface area contributed by atoms with E-state index in [0.29, 0.717) is 12.0 Å². The van der Waals surface area contributed by atoms with Crippen LogP contribution < -0.4 is 11.1 Å². The van der Waals surface area contributed by atoms with Gasteiger partial charge in [0, 0.05) is 30.7 Å². The Balaban J connectivity index is 1.78. The number of rotatable bonds is 6. The zero-order valence-corrected chi connectivity index (χ0v) is 14.3.